The lowest BCUT2D eigenvalue weighted by atomic mass is 9.97. The van der Waals surface area contributed by atoms with Crippen LogP contribution in [0.4, 0.5) is 19.0 Å². The molecule has 0 saturated carbocycles. The Kier molecular flexibility index (Phi) is 6.66. The molecule has 1 aromatic carbocycles. The maximum absolute atomic E-state index is 13.1. The van der Waals surface area contributed by atoms with Gasteiger partial charge < -0.3 is 9.80 Å². The zero-order chi connectivity index (χ0) is 23.8. The van der Waals surface area contributed by atoms with Crippen molar-refractivity contribution in [3.05, 3.63) is 58.8 Å². The Morgan fingerprint density at radius 2 is 1.67 bits per heavy atom. The Morgan fingerprint density at radius 1 is 1.00 bits per heavy atom. The third-order valence-corrected chi connectivity index (χ3v) is 6.99. The number of nitrogens with zero attached hydrogens (tertiary/aromatic N) is 4. The van der Waals surface area contributed by atoms with Gasteiger partial charge in [-0.05, 0) is 56.9 Å². The fraction of sp³-hybridized carbons (Fsp3) is 0.520. The Hall–Kier alpha value is -2.61. The van der Waals surface area contributed by atoms with E-state index in [0.717, 1.165) is 74.5 Å². The molecule has 0 spiro atoms. The van der Waals surface area contributed by atoms with Crippen LogP contribution in [-0.2, 0) is 6.18 Å². The number of hydrogen-bond acceptors (Lipinski definition) is 4. The molecule has 2 aliphatic rings. The standard InChI is InChI=1S/C25H31F3N4O/c1-17-5-4-6-18(2)23(17)24(33)30-11-9-21(10-12-30)32-14-13-31(16-19(32)3)22-8-7-20(15-29-22)25(26,27)28/h4-8,15,19,21H,9-14,16H2,1-3H3/t19-/m0/s1. The highest BCUT2D eigenvalue weighted by molar-refractivity contribution is 5.97. The van der Waals surface area contributed by atoms with Crippen molar-refractivity contribution in [2.24, 2.45) is 0 Å². The van der Waals surface area contributed by atoms with Crippen molar-refractivity contribution in [2.45, 2.75) is 51.9 Å². The maximum Gasteiger partial charge on any atom is 0.417 e. The summed E-state index contributed by atoms with van der Waals surface area (Å²) in [6, 6.07) is 9.18. The molecule has 0 radical (unpaired) electrons. The van der Waals surface area contributed by atoms with Crippen LogP contribution >= 0.6 is 0 Å². The number of amides is 1. The van der Waals surface area contributed by atoms with E-state index in [1.54, 1.807) is 0 Å². The number of anilines is 1. The minimum Gasteiger partial charge on any atom is -0.354 e. The van der Waals surface area contributed by atoms with Gasteiger partial charge >= 0.3 is 6.18 Å². The Morgan fingerprint density at radius 3 is 2.21 bits per heavy atom. The molecule has 2 fully saturated rings. The van der Waals surface area contributed by atoms with Crippen molar-refractivity contribution in [1.82, 2.24) is 14.8 Å². The summed E-state index contributed by atoms with van der Waals surface area (Å²) in [6.07, 6.45) is -1.60. The Bertz CT molecular complexity index is 964. The first-order chi connectivity index (χ1) is 15.6. The lowest BCUT2D eigenvalue weighted by Crippen LogP contribution is -2.58. The summed E-state index contributed by atoms with van der Waals surface area (Å²) in [5.41, 5.74) is 2.13. The fourth-order valence-electron chi connectivity index (χ4n) is 5.17. The molecular weight excluding hydrogens is 429 g/mol. The first-order valence-electron chi connectivity index (χ1n) is 11.5. The van der Waals surface area contributed by atoms with Gasteiger partial charge in [0.2, 0.25) is 0 Å². The number of aromatic nitrogens is 1. The predicted molar refractivity (Wildman–Crippen MR) is 122 cm³/mol. The van der Waals surface area contributed by atoms with Crippen LogP contribution in [-0.4, -0.2) is 65.5 Å². The summed E-state index contributed by atoms with van der Waals surface area (Å²) in [6.45, 7) is 9.89. The highest BCUT2D eigenvalue weighted by Gasteiger charge is 2.34. The topological polar surface area (TPSA) is 39.7 Å². The van der Waals surface area contributed by atoms with E-state index in [0.29, 0.717) is 11.9 Å². The van der Waals surface area contributed by atoms with Gasteiger partial charge in [-0.2, -0.15) is 13.2 Å². The molecule has 0 bridgehead atoms. The van der Waals surface area contributed by atoms with Crippen LogP contribution in [0.2, 0.25) is 0 Å². The van der Waals surface area contributed by atoms with E-state index >= 15 is 0 Å². The van der Waals surface area contributed by atoms with Gasteiger partial charge in [0.1, 0.15) is 5.82 Å². The number of piperazine rings is 1. The van der Waals surface area contributed by atoms with E-state index in [-0.39, 0.29) is 11.9 Å². The first kappa shape index (κ1) is 23.5. The minimum atomic E-state index is -4.37. The fourth-order valence-corrected chi connectivity index (χ4v) is 5.17. The van der Waals surface area contributed by atoms with Crippen molar-refractivity contribution in [1.29, 1.82) is 0 Å². The second-order valence-corrected chi connectivity index (χ2v) is 9.23. The van der Waals surface area contributed by atoms with Crippen molar-refractivity contribution in [3.8, 4) is 0 Å². The molecule has 178 valence electrons. The maximum atomic E-state index is 13.1. The van der Waals surface area contributed by atoms with Crippen molar-refractivity contribution < 1.29 is 18.0 Å². The Balaban J connectivity index is 1.33. The third kappa shape index (κ3) is 5.00. The zero-order valence-corrected chi connectivity index (χ0v) is 19.4. The normalized spacial score (nSPS) is 20.8. The van der Waals surface area contributed by atoms with E-state index in [1.807, 2.05) is 36.9 Å². The van der Waals surface area contributed by atoms with Gasteiger partial charge in [-0.1, -0.05) is 18.2 Å². The molecule has 3 heterocycles. The smallest absolute Gasteiger partial charge is 0.354 e. The number of likely N-dealkylation sites (tertiary alicyclic amines) is 1. The summed E-state index contributed by atoms with van der Waals surface area (Å²) >= 11 is 0. The van der Waals surface area contributed by atoms with E-state index < -0.39 is 11.7 Å². The van der Waals surface area contributed by atoms with Crippen LogP contribution < -0.4 is 4.90 Å². The number of rotatable bonds is 3. The van der Waals surface area contributed by atoms with Crippen molar-refractivity contribution >= 4 is 11.7 Å². The van der Waals surface area contributed by atoms with Crippen LogP contribution in [0, 0.1) is 13.8 Å². The second-order valence-electron chi connectivity index (χ2n) is 9.23. The van der Waals surface area contributed by atoms with Gasteiger partial charge in [0, 0.05) is 56.6 Å². The average molecular weight is 461 g/mol. The van der Waals surface area contributed by atoms with Gasteiger partial charge in [-0.25, -0.2) is 4.98 Å². The number of carbonyl (C=O) groups is 1. The average Bonchev–Trinajstić information content (AvgIpc) is 2.78. The van der Waals surface area contributed by atoms with Crippen molar-refractivity contribution in [3.63, 3.8) is 0 Å². The highest BCUT2D eigenvalue weighted by Crippen LogP contribution is 2.30. The SMILES string of the molecule is Cc1cccc(C)c1C(=O)N1CCC(N2CCN(c3ccc(C(F)(F)F)cn3)C[C@@H]2C)CC1. The van der Waals surface area contributed by atoms with Gasteiger partial charge in [0.05, 0.1) is 5.56 Å². The van der Waals surface area contributed by atoms with Crippen molar-refractivity contribution in [2.75, 3.05) is 37.6 Å². The lowest BCUT2D eigenvalue weighted by molar-refractivity contribution is -0.137. The number of aryl methyl sites for hydroxylation is 2. The summed E-state index contributed by atoms with van der Waals surface area (Å²) in [5, 5.41) is 0. The predicted octanol–water partition coefficient (Wildman–Crippen LogP) is 4.53. The van der Waals surface area contributed by atoms with Crippen LogP contribution in [0.5, 0.6) is 0 Å². The molecule has 1 amide bonds. The lowest BCUT2D eigenvalue weighted by Gasteiger charge is -2.46. The molecule has 8 heteroatoms. The molecule has 33 heavy (non-hydrogen) atoms. The second kappa shape index (κ2) is 9.33. The summed E-state index contributed by atoms with van der Waals surface area (Å²) in [4.78, 5) is 23.7. The molecule has 2 aliphatic heterocycles. The third-order valence-electron chi connectivity index (χ3n) is 6.99. The number of benzene rings is 1. The Labute approximate surface area is 193 Å². The molecule has 0 aliphatic carbocycles. The van der Waals surface area contributed by atoms with Crippen LogP contribution in [0.3, 0.4) is 0 Å². The van der Waals surface area contributed by atoms with E-state index in [2.05, 4.69) is 21.7 Å². The minimum absolute atomic E-state index is 0.121. The summed E-state index contributed by atoms with van der Waals surface area (Å²) in [7, 11) is 0. The highest BCUT2D eigenvalue weighted by atomic mass is 19.4. The largest absolute Gasteiger partial charge is 0.417 e. The molecule has 1 atom stereocenters. The number of pyridine rings is 1. The number of alkyl halides is 3. The summed E-state index contributed by atoms with van der Waals surface area (Å²) in [5.74, 6) is 0.707. The zero-order valence-electron chi connectivity index (χ0n) is 19.4. The number of carbonyl (C=O) groups excluding carboxylic acids is 1. The number of piperidine rings is 1. The first-order valence-corrected chi connectivity index (χ1v) is 11.5. The van der Waals surface area contributed by atoms with E-state index in [9.17, 15) is 18.0 Å². The molecule has 0 unspecified atom stereocenters. The van der Waals surface area contributed by atoms with E-state index in [4.69, 9.17) is 0 Å². The number of halogens is 3. The van der Waals surface area contributed by atoms with Crippen LogP contribution in [0.15, 0.2) is 36.5 Å². The van der Waals surface area contributed by atoms with Gasteiger partial charge in [-0.15, -0.1) is 0 Å². The van der Waals surface area contributed by atoms with Gasteiger partial charge in [-0.3, -0.25) is 9.69 Å². The van der Waals surface area contributed by atoms with Crippen LogP contribution in [0.1, 0.15) is 46.8 Å². The van der Waals surface area contributed by atoms with E-state index in [1.165, 1.54) is 6.07 Å². The molecule has 4 rings (SSSR count). The molecule has 5 nitrogen and oxygen atoms in total. The summed E-state index contributed by atoms with van der Waals surface area (Å²) < 4.78 is 38.4. The monoisotopic (exact) mass is 460 g/mol. The molecule has 0 N–H and O–H groups in total. The van der Waals surface area contributed by atoms with Crippen LogP contribution in [0.25, 0.3) is 0 Å². The van der Waals surface area contributed by atoms with Gasteiger partial charge in [0.15, 0.2) is 0 Å². The molecule has 1 aromatic heterocycles. The quantitative estimate of drug-likeness (QED) is 0.675. The number of hydrogen-bond donors (Lipinski definition) is 0. The molecule has 2 aromatic rings. The van der Waals surface area contributed by atoms with Gasteiger partial charge in [0.25, 0.3) is 5.91 Å². The molecule has 2 saturated heterocycles. The molecular formula is C25H31F3N4O.